The predicted molar refractivity (Wildman–Crippen MR) is 73.9 cm³/mol. The number of hydrogen-bond acceptors (Lipinski definition) is 4. The molecule has 2 rings (SSSR count). The molecule has 1 aliphatic rings. The zero-order chi connectivity index (χ0) is 14.8. The van der Waals surface area contributed by atoms with Crippen LogP contribution in [0, 0.1) is 6.92 Å². The standard InChI is InChI=1S/C13H18N2O4S/c1-9-4-5-11(7-12(9)13(14)16)20(17,18)15-8-10-3-2-6-19-10/h4-5,7,10,15H,2-3,6,8H2,1H3,(H2,14,16)/t10-/m0/s1. The number of sulfonamides is 1. The lowest BCUT2D eigenvalue weighted by atomic mass is 10.1. The summed E-state index contributed by atoms with van der Waals surface area (Å²) in [6.07, 6.45) is 1.72. The molecule has 1 aromatic carbocycles. The molecule has 1 amide bonds. The smallest absolute Gasteiger partial charge is 0.249 e. The van der Waals surface area contributed by atoms with Gasteiger partial charge in [0.1, 0.15) is 0 Å². The molecule has 0 aliphatic carbocycles. The highest BCUT2D eigenvalue weighted by molar-refractivity contribution is 7.89. The Bertz CT molecular complexity index is 607. The number of nitrogens with one attached hydrogen (secondary N) is 1. The monoisotopic (exact) mass is 298 g/mol. The lowest BCUT2D eigenvalue weighted by molar-refractivity contribution is 0.0999. The van der Waals surface area contributed by atoms with Crippen molar-refractivity contribution in [1.82, 2.24) is 4.72 Å². The van der Waals surface area contributed by atoms with Crippen LogP contribution in [0.4, 0.5) is 0 Å². The number of benzene rings is 1. The van der Waals surface area contributed by atoms with Gasteiger partial charge in [0.2, 0.25) is 15.9 Å². The van der Waals surface area contributed by atoms with Crippen LogP contribution >= 0.6 is 0 Å². The number of primary amides is 1. The van der Waals surface area contributed by atoms with Crippen LogP contribution in [0.5, 0.6) is 0 Å². The minimum Gasteiger partial charge on any atom is -0.377 e. The fourth-order valence-electron chi connectivity index (χ4n) is 2.13. The first kappa shape index (κ1) is 15.0. The maximum absolute atomic E-state index is 12.2. The van der Waals surface area contributed by atoms with Crippen LogP contribution in [0.2, 0.25) is 0 Å². The van der Waals surface area contributed by atoms with E-state index in [0.717, 1.165) is 12.8 Å². The molecule has 0 unspecified atom stereocenters. The average molecular weight is 298 g/mol. The lowest BCUT2D eigenvalue weighted by Gasteiger charge is -2.12. The van der Waals surface area contributed by atoms with E-state index < -0.39 is 15.9 Å². The fraction of sp³-hybridized carbons (Fsp3) is 0.462. The van der Waals surface area contributed by atoms with Crippen molar-refractivity contribution in [3.8, 4) is 0 Å². The number of rotatable bonds is 5. The van der Waals surface area contributed by atoms with Gasteiger partial charge in [0.25, 0.3) is 0 Å². The molecule has 0 radical (unpaired) electrons. The van der Waals surface area contributed by atoms with Gasteiger partial charge in [-0.1, -0.05) is 6.07 Å². The molecule has 0 saturated carbocycles. The SMILES string of the molecule is Cc1ccc(S(=O)(=O)NC[C@@H]2CCCO2)cc1C(N)=O. The van der Waals surface area contributed by atoms with Crippen LogP contribution in [0.1, 0.15) is 28.8 Å². The Labute approximate surface area is 118 Å². The molecule has 20 heavy (non-hydrogen) atoms. The molecule has 0 spiro atoms. The molecule has 1 heterocycles. The first-order valence-corrected chi connectivity index (χ1v) is 7.90. The van der Waals surface area contributed by atoms with Crippen LogP contribution < -0.4 is 10.5 Å². The summed E-state index contributed by atoms with van der Waals surface area (Å²) in [5.41, 5.74) is 6.09. The van der Waals surface area contributed by atoms with Crippen LogP contribution in [0.25, 0.3) is 0 Å². The molecule has 1 atom stereocenters. The van der Waals surface area contributed by atoms with Gasteiger partial charge < -0.3 is 10.5 Å². The van der Waals surface area contributed by atoms with Gasteiger partial charge in [0.15, 0.2) is 0 Å². The van der Waals surface area contributed by atoms with E-state index in [0.29, 0.717) is 12.2 Å². The first-order valence-electron chi connectivity index (χ1n) is 6.42. The molecular weight excluding hydrogens is 280 g/mol. The lowest BCUT2D eigenvalue weighted by Crippen LogP contribution is -2.32. The number of carbonyl (C=O) groups excluding carboxylic acids is 1. The summed E-state index contributed by atoms with van der Waals surface area (Å²) in [5, 5.41) is 0. The number of ether oxygens (including phenoxy) is 1. The number of carbonyl (C=O) groups is 1. The Balaban J connectivity index is 2.16. The van der Waals surface area contributed by atoms with E-state index in [2.05, 4.69) is 4.72 Å². The van der Waals surface area contributed by atoms with Crippen molar-refractivity contribution in [3.63, 3.8) is 0 Å². The normalized spacial score (nSPS) is 19.1. The van der Waals surface area contributed by atoms with E-state index in [-0.39, 0.29) is 23.1 Å². The molecule has 1 saturated heterocycles. The minimum atomic E-state index is -3.66. The van der Waals surface area contributed by atoms with Crippen molar-refractivity contribution >= 4 is 15.9 Å². The highest BCUT2D eigenvalue weighted by Crippen LogP contribution is 2.16. The average Bonchev–Trinajstić information content (AvgIpc) is 2.89. The largest absolute Gasteiger partial charge is 0.377 e. The van der Waals surface area contributed by atoms with Crippen LogP contribution in [-0.2, 0) is 14.8 Å². The highest BCUT2D eigenvalue weighted by Gasteiger charge is 2.21. The van der Waals surface area contributed by atoms with Gasteiger partial charge in [-0.15, -0.1) is 0 Å². The van der Waals surface area contributed by atoms with Crippen LogP contribution in [-0.4, -0.2) is 33.6 Å². The summed E-state index contributed by atoms with van der Waals surface area (Å²) >= 11 is 0. The van der Waals surface area contributed by atoms with Gasteiger partial charge in [-0.3, -0.25) is 4.79 Å². The molecule has 7 heteroatoms. The summed E-state index contributed by atoms with van der Waals surface area (Å²) in [6.45, 7) is 2.61. The maximum Gasteiger partial charge on any atom is 0.249 e. The Kier molecular flexibility index (Phi) is 4.42. The Morgan fingerprint density at radius 2 is 2.25 bits per heavy atom. The summed E-state index contributed by atoms with van der Waals surface area (Å²) in [4.78, 5) is 11.3. The van der Waals surface area contributed by atoms with Gasteiger partial charge in [-0.25, -0.2) is 13.1 Å². The quantitative estimate of drug-likeness (QED) is 0.829. The number of hydrogen-bond donors (Lipinski definition) is 2. The van der Waals surface area contributed by atoms with Crippen molar-refractivity contribution in [2.75, 3.05) is 13.2 Å². The van der Waals surface area contributed by atoms with E-state index in [4.69, 9.17) is 10.5 Å². The molecule has 3 N–H and O–H groups in total. The summed E-state index contributed by atoms with van der Waals surface area (Å²) in [5.74, 6) is -0.640. The predicted octanol–water partition coefficient (Wildman–Crippen LogP) is 0.551. The van der Waals surface area contributed by atoms with Crippen LogP contribution in [0.15, 0.2) is 23.1 Å². The Morgan fingerprint density at radius 3 is 2.85 bits per heavy atom. The molecule has 1 aliphatic heterocycles. The van der Waals surface area contributed by atoms with E-state index >= 15 is 0 Å². The van der Waals surface area contributed by atoms with Gasteiger partial charge in [0.05, 0.1) is 11.0 Å². The first-order chi connectivity index (χ1) is 9.40. The van der Waals surface area contributed by atoms with Crippen molar-refractivity contribution in [2.45, 2.75) is 30.8 Å². The number of amides is 1. The van der Waals surface area contributed by atoms with Gasteiger partial charge in [-0.05, 0) is 37.5 Å². The number of aryl methyl sites for hydroxylation is 1. The second-order valence-electron chi connectivity index (χ2n) is 4.83. The van der Waals surface area contributed by atoms with E-state index in [1.165, 1.54) is 12.1 Å². The van der Waals surface area contributed by atoms with Crippen LogP contribution in [0.3, 0.4) is 0 Å². The Hall–Kier alpha value is -1.44. The molecule has 0 bridgehead atoms. The van der Waals surface area contributed by atoms with Gasteiger partial charge in [-0.2, -0.15) is 0 Å². The topological polar surface area (TPSA) is 98.5 Å². The zero-order valence-corrected chi connectivity index (χ0v) is 12.1. The van der Waals surface area contributed by atoms with E-state index in [9.17, 15) is 13.2 Å². The molecule has 1 aromatic rings. The second kappa shape index (κ2) is 5.90. The molecule has 0 aromatic heterocycles. The third kappa shape index (κ3) is 3.36. The summed E-state index contributed by atoms with van der Waals surface area (Å²) in [7, 11) is -3.66. The van der Waals surface area contributed by atoms with Crippen molar-refractivity contribution in [1.29, 1.82) is 0 Å². The fourth-order valence-corrected chi connectivity index (χ4v) is 3.22. The zero-order valence-electron chi connectivity index (χ0n) is 11.3. The van der Waals surface area contributed by atoms with Crippen molar-refractivity contribution < 1.29 is 17.9 Å². The number of nitrogens with two attached hydrogens (primary N) is 1. The third-order valence-electron chi connectivity index (χ3n) is 3.31. The Morgan fingerprint density at radius 1 is 1.50 bits per heavy atom. The highest BCUT2D eigenvalue weighted by atomic mass is 32.2. The maximum atomic E-state index is 12.2. The molecule has 1 fully saturated rings. The summed E-state index contributed by atoms with van der Waals surface area (Å²) < 4.78 is 32.2. The summed E-state index contributed by atoms with van der Waals surface area (Å²) in [6, 6.07) is 4.33. The molecular formula is C13H18N2O4S. The van der Waals surface area contributed by atoms with E-state index in [1.807, 2.05) is 0 Å². The third-order valence-corrected chi connectivity index (χ3v) is 4.73. The second-order valence-corrected chi connectivity index (χ2v) is 6.59. The van der Waals surface area contributed by atoms with Gasteiger partial charge >= 0.3 is 0 Å². The van der Waals surface area contributed by atoms with Crippen molar-refractivity contribution in [3.05, 3.63) is 29.3 Å². The minimum absolute atomic E-state index is 0.0369. The van der Waals surface area contributed by atoms with E-state index in [1.54, 1.807) is 13.0 Å². The van der Waals surface area contributed by atoms with Gasteiger partial charge in [0, 0.05) is 18.7 Å². The van der Waals surface area contributed by atoms with Crippen molar-refractivity contribution in [2.24, 2.45) is 5.73 Å². The molecule has 110 valence electrons. The molecule has 6 nitrogen and oxygen atoms in total.